The van der Waals surface area contributed by atoms with Gasteiger partial charge in [-0.15, -0.1) is 0 Å². The molecule has 0 saturated carbocycles. The van der Waals surface area contributed by atoms with Gasteiger partial charge >= 0.3 is 0 Å². The minimum absolute atomic E-state index is 0.993. The van der Waals surface area contributed by atoms with E-state index in [1.807, 2.05) is 0 Å². The Labute approximate surface area is 355 Å². The van der Waals surface area contributed by atoms with Crippen LogP contribution in [0.1, 0.15) is 238 Å². The average Bonchev–Trinajstić information content (AvgIpc) is 3.23. The van der Waals surface area contributed by atoms with Gasteiger partial charge in [0.15, 0.2) is 0 Å². The lowest BCUT2D eigenvalue weighted by atomic mass is 9.99. The third-order valence-corrected chi connectivity index (χ3v) is 11.5. The Morgan fingerprint density at radius 2 is 0.684 bits per heavy atom. The summed E-state index contributed by atoms with van der Waals surface area (Å²) >= 11 is 0. The van der Waals surface area contributed by atoms with Crippen molar-refractivity contribution in [2.75, 3.05) is 0 Å². The van der Waals surface area contributed by atoms with Crippen LogP contribution in [0.2, 0.25) is 0 Å². The second-order valence-electron chi connectivity index (χ2n) is 16.9. The fraction of sp³-hybridized carbons (Fsp3) is 0.673. The maximum atomic E-state index is 5.55. The van der Waals surface area contributed by atoms with E-state index >= 15 is 0 Å². The van der Waals surface area contributed by atoms with Crippen molar-refractivity contribution in [3.8, 4) is 0 Å². The highest BCUT2D eigenvalue weighted by Crippen LogP contribution is 2.26. The monoisotopic (exact) mass is 779 g/mol. The number of nitrogens with zero attached hydrogens (tertiary/aromatic N) is 2. The van der Waals surface area contributed by atoms with Gasteiger partial charge in [-0.3, -0.25) is 9.98 Å². The first-order valence-corrected chi connectivity index (χ1v) is 24.8. The van der Waals surface area contributed by atoms with Crippen LogP contribution in [0.15, 0.2) is 82.8 Å². The van der Waals surface area contributed by atoms with E-state index in [-0.39, 0.29) is 0 Å². The number of hydrogen-bond acceptors (Lipinski definition) is 2. The molecule has 0 aliphatic carbocycles. The van der Waals surface area contributed by atoms with Crippen molar-refractivity contribution in [3.05, 3.63) is 84.0 Å². The third kappa shape index (κ3) is 26.8. The van der Waals surface area contributed by atoms with Crippen LogP contribution in [-0.2, 0) is 12.8 Å². The van der Waals surface area contributed by atoms with Crippen LogP contribution < -0.4 is 0 Å². The van der Waals surface area contributed by atoms with Crippen LogP contribution in [0.4, 0.5) is 11.4 Å². The molecule has 320 valence electrons. The number of aliphatic imine (C=N–C) groups is 2. The number of para-hydroxylation sites is 2. The molecule has 0 unspecified atom stereocenters. The Balaban J connectivity index is 2.00. The second kappa shape index (κ2) is 37.5. The van der Waals surface area contributed by atoms with E-state index in [9.17, 15) is 0 Å². The summed E-state index contributed by atoms with van der Waals surface area (Å²) in [6, 6.07) is 17.8. The van der Waals surface area contributed by atoms with Gasteiger partial charge in [0.1, 0.15) is 0 Å². The Morgan fingerprint density at radius 3 is 1.07 bits per heavy atom. The summed E-state index contributed by atoms with van der Waals surface area (Å²) < 4.78 is 0. The van der Waals surface area contributed by atoms with Gasteiger partial charge in [0.05, 0.1) is 22.8 Å². The number of allylic oxidation sites excluding steroid dienone is 4. The van der Waals surface area contributed by atoms with Crippen LogP contribution in [0.25, 0.3) is 0 Å². The van der Waals surface area contributed by atoms with Gasteiger partial charge in [-0.25, -0.2) is 0 Å². The van der Waals surface area contributed by atoms with Gasteiger partial charge in [0, 0.05) is 0 Å². The maximum Gasteiger partial charge on any atom is 0.0665 e. The first kappa shape index (κ1) is 50.4. The lowest BCUT2D eigenvalue weighted by Crippen LogP contribution is -2.15. The molecule has 0 aliphatic heterocycles. The zero-order chi connectivity index (χ0) is 40.7. The summed E-state index contributed by atoms with van der Waals surface area (Å²) in [4.78, 5) is 11.1. The van der Waals surface area contributed by atoms with Crippen molar-refractivity contribution in [1.29, 1.82) is 0 Å². The van der Waals surface area contributed by atoms with Crippen molar-refractivity contribution >= 4 is 22.8 Å². The molecule has 2 rings (SSSR count). The van der Waals surface area contributed by atoms with Crippen molar-refractivity contribution in [3.63, 3.8) is 0 Å². The zero-order valence-electron chi connectivity index (χ0n) is 38.2. The Morgan fingerprint density at radius 1 is 0.351 bits per heavy atom. The van der Waals surface area contributed by atoms with Crippen molar-refractivity contribution < 1.29 is 0 Å². The Kier molecular flexibility index (Phi) is 33.2. The number of benzene rings is 2. The van der Waals surface area contributed by atoms with E-state index < -0.39 is 0 Å². The minimum Gasteiger partial charge on any atom is -0.251 e. The van der Waals surface area contributed by atoms with Crippen molar-refractivity contribution in [2.45, 2.75) is 240 Å². The lowest BCUT2D eigenvalue weighted by Gasteiger charge is -2.14. The van der Waals surface area contributed by atoms with E-state index in [0.29, 0.717) is 0 Å². The summed E-state index contributed by atoms with van der Waals surface area (Å²) in [7, 11) is 0. The van der Waals surface area contributed by atoms with Gasteiger partial charge in [-0.05, 0) is 100 Å². The first-order chi connectivity index (χ1) is 28.2. The molecule has 0 N–H and O–H groups in total. The summed E-state index contributed by atoms with van der Waals surface area (Å²) in [6.45, 7) is 9.11. The van der Waals surface area contributed by atoms with Gasteiger partial charge in [0.25, 0.3) is 0 Å². The molecule has 0 amide bonds. The molecule has 0 radical (unpaired) electrons. The highest BCUT2D eigenvalue weighted by molar-refractivity contribution is 6.43. The van der Waals surface area contributed by atoms with E-state index in [4.69, 9.17) is 9.98 Å². The van der Waals surface area contributed by atoms with Gasteiger partial charge < -0.3 is 0 Å². The molecular weight excluding hydrogens is 689 g/mol. The molecule has 0 fully saturated rings. The second-order valence-corrected chi connectivity index (χ2v) is 16.9. The molecule has 0 aliphatic rings. The normalized spacial score (nSPS) is 12.5. The average molecular weight is 779 g/mol. The lowest BCUT2D eigenvalue weighted by molar-refractivity contribution is 0.524. The molecule has 0 heterocycles. The third-order valence-electron chi connectivity index (χ3n) is 11.5. The van der Waals surface area contributed by atoms with Crippen molar-refractivity contribution in [2.24, 2.45) is 9.98 Å². The Bertz CT molecular complexity index is 1330. The molecule has 0 bridgehead atoms. The molecule has 2 nitrogen and oxygen atoms in total. The number of rotatable bonds is 38. The largest absolute Gasteiger partial charge is 0.251 e. The summed E-state index contributed by atoms with van der Waals surface area (Å²) in [5, 5.41) is 0. The summed E-state index contributed by atoms with van der Waals surface area (Å²) in [5.41, 5.74) is 7.48. The van der Waals surface area contributed by atoms with Gasteiger partial charge in [0.2, 0.25) is 0 Å². The molecule has 2 heteroatoms. The van der Waals surface area contributed by atoms with Crippen LogP contribution >= 0.6 is 0 Å². The standard InChI is InChI=1S/C55H90N2/c1-5-9-13-16-19-20-21-22-23-24-25-26-27-28-29-30-31-34-37-49-55(57-53-48-41-39-45-51(53)43-36-33-18-15-11-7-3)54(46-12-8-4)56-52-47-40-38-44-50(52)42-35-32-17-14-10-6-2/h14-15,17-18,38-41,44-45,47-48H,5-13,16,19-37,42-43,46,49H2,1-4H3/b17-14+,18-15+,56-54?,57-55?. The molecule has 57 heavy (non-hydrogen) atoms. The number of aryl methyl sites for hydroxylation is 2. The SMILES string of the molecule is CCC/C=C/CCCc1ccccc1N=C(CCCC)C(CCCCCCCCCCCCCCCCCCCCC)=Nc1ccccc1CCC/C=C/CCC. The predicted octanol–water partition coefficient (Wildman–Crippen LogP) is 18.9. The van der Waals surface area contributed by atoms with Gasteiger partial charge in [-0.2, -0.15) is 0 Å². The van der Waals surface area contributed by atoms with Crippen LogP contribution in [0.5, 0.6) is 0 Å². The fourth-order valence-electron chi connectivity index (χ4n) is 7.82. The molecule has 2 aromatic rings. The van der Waals surface area contributed by atoms with Crippen LogP contribution in [0.3, 0.4) is 0 Å². The molecule has 2 aromatic carbocycles. The smallest absolute Gasteiger partial charge is 0.0665 e. The quantitative estimate of drug-likeness (QED) is 0.0368. The molecule has 0 saturated heterocycles. The molecule has 0 spiro atoms. The molecule has 0 atom stereocenters. The topological polar surface area (TPSA) is 24.7 Å². The molecular formula is C55H90N2. The highest BCUT2D eigenvalue weighted by Gasteiger charge is 2.13. The fourth-order valence-corrected chi connectivity index (χ4v) is 7.82. The predicted molar refractivity (Wildman–Crippen MR) is 259 cm³/mol. The van der Waals surface area contributed by atoms with Crippen LogP contribution in [0, 0.1) is 0 Å². The minimum atomic E-state index is 0.993. The number of hydrogen-bond donors (Lipinski definition) is 0. The van der Waals surface area contributed by atoms with E-state index in [1.165, 1.54) is 189 Å². The Hall–Kier alpha value is -2.74. The highest BCUT2D eigenvalue weighted by atomic mass is 14.8. The summed E-state index contributed by atoms with van der Waals surface area (Å²) in [5.74, 6) is 0. The van der Waals surface area contributed by atoms with E-state index in [1.54, 1.807) is 0 Å². The van der Waals surface area contributed by atoms with Gasteiger partial charge in [-0.1, -0.05) is 223 Å². The first-order valence-electron chi connectivity index (χ1n) is 24.8. The zero-order valence-corrected chi connectivity index (χ0v) is 38.2. The molecule has 0 aromatic heterocycles. The van der Waals surface area contributed by atoms with E-state index in [0.717, 1.165) is 56.3 Å². The summed E-state index contributed by atoms with van der Waals surface area (Å²) in [6.07, 6.45) is 52.0. The van der Waals surface area contributed by atoms with E-state index in [2.05, 4.69) is 101 Å². The van der Waals surface area contributed by atoms with Crippen molar-refractivity contribution in [1.82, 2.24) is 0 Å². The number of unbranched alkanes of at least 4 members (excludes halogenated alkanes) is 23. The maximum absolute atomic E-state index is 5.55. The van der Waals surface area contributed by atoms with Crippen LogP contribution in [-0.4, -0.2) is 11.4 Å².